The van der Waals surface area contributed by atoms with E-state index >= 15 is 0 Å². The lowest BCUT2D eigenvalue weighted by molar-refractivity contribution is 0.0817. The summed E-state index contributed by atoms with van der Waals surface area (Å²) in [5.74, 6) is 0.652. The lowest BCUT2D eigenvalue weighted by atomic mass is 9.83. The summed E-state index contributed by atoms with van der Waals surface area (Å²) in [4.78, 5) is 12.4. The van der Waals surface area contributed by atoms with Crippen molar-refractivity contribution in [3.05, 3.63) is 11.9 Å². The molecule has 1 heterocycles. The quantitative estimate of drug-likeness (QED) is 0.722. The molecular formula is C12H20N2O2. The monoisotopic (exact) mass is 224 g/mol. The van der Waals surface area contributed by atoms with E-state index in [-0.39, 0.29) is 11.2 Å². The highest BCUT2D eigenvalue weighted by atomic mass is 16.5. The van der Waals surface area contributed by atoms with Crippen molar-refractivity contribution < 1.29 is 9.53 Å². The van der Waals surface area contributed by atoms with Crippen molar-refractivity contribution in [2.75, 3.05) is 7.11 Å². The fraction of sp³-hybridized carbons (Fsp3) is 0.667. The van der Waals surface area contributed by atoms with Crippen LogP contribution in [0.5, 0.6) is 5.75 Å². The Morgan fingerprint density at radius 1 is 1.50 bits per heavy atom. The number of hydrogen-bond donors (Lipinski definition) is 0. The van der Waals surface area contributed by atoms with Gasteiger partial charge in [0, 0.05) is 12.0 Å². The molecule has 0 aromatic carbocycles. The van der Waals surface area contributed by atoms with Gasteiger partial charge >= 0.3 is 0 Å². The highest BCUT2D eigenvalue weighted by Crippen LogP contribution is 2.30. The van der Waals surface area contributed by atoms with Gasteiger partial charge in [-0.3, -0.25) is 9.48 Å². The van der Waals surface area contributed by atoms with Crippen molar-refractivity contribution in [2.45, 2.75) is 40.7 Å². The first-order chi connectivity index (χ1) is 7.47. The molecule has 0 aliphatic carbocycles. The van der Waals surface area contributed by atoms with Crippen molar-refractivity contribution >= 4 is 5.78 Å². The number of carbonyl (C=O) groups excluding carboxylic acids is 1. The second-order valence-electron chi connectivity index (χ2n) is 4.44. The zero-order valence-corrected chi connectivity index (χ0v) is 10.7. The van der Waals surface area contributed by atoms with Gasteiger partial charge in [0.15, 0.2) is 11.5 Å². The average molecular weight is 224 g/mol. The minimum absolute atomic E-state index is 0.0891. The van der Waals surface area contributed by atoms with Gasteiger partial charge in [-0.1, -0.05) is 20.8 Å². The van der Waals surface area contributed by atoms with E-state index in [1.165, 1.54) is 0 Å². The average Bonchev–Trinajstić information content (AvgIpc) is 2.70. The number of nitrogens with zero attached hydrogens (tertiary/aromatic N) is 2. The number of rotatable bonds is 5. The Morgan fingerprint density at radius 3 is 2.56 bits per heavy atom. The molecule has 0 spiro atoms. The molecule has 16 heavy (non-hydrogen) atoms. The lowest BCUT2D eigenvalue weighted by Crippen LogP contribution is -2.26. The van der Waals surface area contributed by atoms with Crippen molar-refractivity contribution in [3.63, 3.8) is 0 Å². The van der Waals surface area contributed by atoms with Crippen LogP contribution in [-0.4, -0.2) is 22.7 Å². The molecule has 90 valence electrons. The molecule has 4 nitrogen and oxygen atoms in total. The fourth-order valence-corrected chi connectivity index (χ4v) is 1.47. The summed E-state index contributed by atoms with van der Waals surface area (Å²) < 4.78 is 6.88. The van der Waals surface area contributed by atoms with E-state index in [1.807, 2.05) is 27.7 Å². The van der Waals surface area contributed by atoms with Crippen molar-refractivity contribution in [1.82, 2.24) is 9.78 Å². The molecule has 0 N–H and O–H groups in total. The maximum Gasteiger partial charge on any atom is 0.190 e. The smallest absolute Gasteiger partial charge is 0.190 e. The number of aromatic nitrogens is 2. The molecular weight excluding hydrogens is 204 g/mol. The van der Waals surface area contributed by atoms with E-state index in [0.29, 0.717) is 18.0 Å². The summed E-state index contributed by atoms with van der Waals surface area (Å²) in [6, 6.07) is 0. The van der Waals surface area contributed by atoms with Gasteiger partial charge in [0.25, 0.3) is 0 Å². The van der Waals surface area contributed by atoms with Crippen LogP contribution in [0.4, 0.5) is 0 Å². The Morgan fingerprint density at radius 2 is 2.12 bits per heavy atom. The third-order valence-corrected chi connectivity index (χ3v) is 3.04. The summed E-state index contributed by atoms with van der Waals surface area (Å²) >= 11 is 0. The minimum atomic E-state index is -0.375. The number of methoxy groups -OCH3 is 1. The molecule has 0 atom stereocenters. The van der Waals surface area contributed by atoms with Crippen LogP contribution in [0, 0.1) is 5.41 Å². The van der Waals surface area contributed by atoms with Crippen LogP contribution in [-0.2, 0) is 6.54 Å². The van der Waals surface area contributed by atoms with E-state index in [2.05, 4.69) is 5.10 Å². The molecule has 0 amide bonds. The molecule has 0 unspecified atom stereocenters. The maximum atomic E-state index is 12.4. The van der Waals surface area contributed by atoms with Gasteiger partial charge in [-0.2, -0.15) is 5.10 Å². The number of Topliss-reactive ketones (excluding diaryl/α,β-unsaturated/α-hetero) is 1. The Bertz CT molecular complexity index is 359. The summed E-state index contributed by atoms with van der Waals surface area (Å²) in [7, 11) is 1.56. The number of aryl methyl sites for hydroxylation is 1. The van der Waals surface area contributed by atoms with Crippen molar-refractivity contribution in [3.8, 4) is 5.75 Å². The SMILES string of the molecule is CCn1ncc(OC)c1C(=O)C(C)(C)CC. The van der Waals surface area contributed by atoms with Crippen LogP contribution in [0.15, 0.2) is 6.20 Å². The number of hydrogen-bond acceptors (Lipinski definition) is 3. The molecule has 0 aliphatic rings. The van der Waals surface area contributed by atoms with Gasteiger partial charge in [0.1, 0.15) is 5.69 Å². The third kappa shape index (κ3) is 2.10. The van der Waals surface area contributed by atoms with Gasteiger partial charge in [0.05, 0.1) is 13.3 Å². The maximum absolute atomic E-state index is 12.4. The molecule has 0 aliphatic heterocycles. The molecule has 1 aromatic heterocycles. The van der Waals surface area contributed by atoms with Crippen LogP contribution in [0.25, 0.3) is 0 Å². The van der Waals surface area contributed by atoms with Gasteiger partial charge in [-0.15, -0.1) is 0 Å². The molecule has 1 aromatic rings. The van der Waals surface area contributed by atoms with E-state index in [9.17, 15) is 4.79 Å². The van der Waals surface area contributed by atoms with Gasteiger partial charge < -0.3 is 4.74 Å². The Labute approximate surface area is 96.6 Å². The second-order valence-corrected chi connectivity index (χ2v) is 4.44. The minimum Gasteiger partial charge on any atom is -0.493 e. The molecule has 1 rings (SSSR count). The first-order valence-electron chi connectivity index (χ1n) is 5.62. The zero-order valence-electron chi connectivity index (χ0n) is 10.7. The molecule has 4 heteroatoms. The molecule has 0 saturated carbocycles. The van der Waals surface area contributed by atoms with Crippen molar-refractivity contribution in [2.24, 2.45) is 5.41 Å². The largest absolute Gasteiger partial charge is 0.493 e. The van der Waals surface area contributed by atoms with E-state index in [1.54, 1.807) is 18.0 Å². The topological polar surface area (TPSA) is 44.1 Å². The number of carbonyl (C=O) groups is 1. The highest BCUT2D eigenvalue weighted by Gasteiger charge is 2.31. The Kier molecular flexibility index (Phi) is 3.73. The van der Waals surface area contributed by atoms with Crippen LogP contribution >= 0.6 is 0 Å². The first-order valence-corrected chi connectivity index (χ1v) is 5.62. The highest BCUT2D eigenvalue weighted by molar-refractivity contribution is 6.00. The zero-order chi connectivity index (χ0) is 12.3. The van der Waals surface area contributed by atoms with Gasteiger partial charge in [-0.25, -0.2) is 0 Å². The number of ether oxygens (including phenoxy) is 1. The van der Waals surface area contributed by atoms with Crippen LogP contribution in [0.2, 0.25) is 0 Å². The molecule has 0 saturated heterocycles. The second kappa shape index (κ2) is 4.68. The standard InChI is InChI=1S/C12H20N2O2/c1-6-12(3,4)11(15)10-9(16-5)8-13-14(10)7-2/h8H,6-7H2,1-5H3. The molecule has 0 fully saturated rings. The van der Waals surface area contributed by atoms with Crippen LogP contribution < -0.4 is 4.74 Å². The van der Waals surface area contributed by atoms with E-state index in [4.69, 9.17) is 4.74 Å². The van der Waals surface area contributed by atoms with E-state index in [0.717, 1.165) is 6.42 Å². The summed E-state index contributed by atoms with van der Waals surface area (Å²) in [6.07, 6.45) is 2.40. The first kappa shape index (κ1) is 12.7. The number of ketones is 1. The Balaban J connectivity index is 3.20. The third-order valence-electron chi connectivity index (χ3n) is 3.04. The summed E-state index contributed by atoms with van der Waals surface area (Å²) in [6.45, 7) is 8.53. The van der Waals surface area contributed by atoms with Crippen molar-refractivity contribution in [1.29, 1.82) is 0 Å². The molecule has 0 radical (unpaired) electrons. The molecule has 0 bridgehead atoms. The van der Waals surface area contributed by atoms with Gasteiger partial charge in [0.2, 0.25) is 0 Å². The predicted octanol–water partition coefficient (Wildman–Crippen LogP) is 2.53. The Hall–Kier alpha value is -1.32. The van der Waals surface area contributed by atoms with Crippen LogP contribution in [0.3, 0.4) is 0 Å². The van der Waals surface area contributed by atoms with E-state index < -0.39 is 0 Å². The van der Waals surface area contributed by atoms with Gasteiger partial charge in [-0.05, 0) is 13.3 Å². The fourth-order valence-electron chi connectivity index (χ4n) is 1.47. The predicted molar refractivity (Wildman–Crippen MR) is 62.9 cm³/mol. The lowest BCUT2D eigenvalue weighted by Gasteiger charge is -2.21. The summed E-state index contributed by atoms with van der Waals surface area (Å²) in [5.41, 5.74) is 0.206. The normalized spacial score (nSPS) is 11.6. The van der Waals surface area contributed by atoms with Crippen LogP contribution in [0.1, 0.15) is 44.6 Å². The summed E-state index contributed by atoms with van der Waals surface area (Å²) in [5, 5.41) is 4.15.